The second kappa shape index (κ2) is 6.55. The number of ether oxygens (including phenoxy) is 1. The van der Waals surface area contributed by atoms with Gasteiger partial charge >= 0.3 is 5.97 Å². The normalized spacial score (nSPS) is 10.3. The zero-order valence-electron chi connectivity index (χ0n) is 13.3. The zero-order valence-corrected chi connectivity index (χ0v) is 13.3. The second-order valence-corrected chi connectivity index (χ2v) is 5.22. The van der Waals surface area contributed by atoms with Crippen LogP contribution in [-0.2, 0) is 11.3 Å². The summed E-state index contributed by atoms with van der Waals surface area (Å²) in [7, 11) is 1.32. The molecule has 1 aromatic carbocycles. The highest BCUT2D eigenvalue weighted by Gasteiger charge is 2.17. The molecule has 0 fully saturated rings. The number of pyridine rings is 1. The number of hydrogen-bond acceptors (Lipinski definition) is 3. The molecule has 0 unspecified atom stereocenters. The van der Waals surface area contributed by atoms with Crippen LogP contribution in [0.25, 0.3) is 10.9 Å². The van der Waals surface area contributed by atoms with E-state index in [9.17, 15) is 9.18 Å². The highest BCUT2D eigenvalue weighted by atomic mass is 19.1. The number of carbonyl (C=O) groups is 1. The lowest BCUT2D eigenvalue weighted by Gasteiger charge is -2.08. The fourth-order valence-electron chi connectivity index (χ4n) is 2.59. The molecule has 0 aliphatic rings. The van der Waals surface area contributed by atoms with Gasteiger partial charge in [0.15, 0.2) is 5.69 Å². The van der Waals surface area contributed by atoms with Crippen molar-refractivity contribution in [1.82, 2.24) is 9.55 Å². The van der Waals surface area contributed by atoms with E-state index in [-0.39, 0.29) is 11.5 Å². The van der Waals surface area contributed by atoms with Crippen LogP contribution in [0.4, 0.5) is 4.39 Å². The number of fused-ring (bicyclic) bond motifs is 1. The molecule has 0 saturated heterocycles. The van der Waals surface area contributed by atoms with Crippen LogP contribution in [0.3, 0.4) is 0 Å². The predicted molar refractivity (Wildman–Crippen MR) is 89.1 cm³/mol. The van der Waals surface area contributed by atoms with Crippen molar-refractivity contribution < 1.29 is 13.9 Å². The van der Waals surface area contributed by atoms with Gasteiger partial charge in [-0.1, -0.05) is 18.1 Å². The molecule has 0 atom stereocenters. The molecular weight excluding hydrogens is 307 g/mol. The van der Waals surface area contributed by atoms with Gasteiger partial charge in [-0.05, 0) is 30.7 Å². The minimum atomic E-state index is -0.513. The molecule has 2 aromatic heterocycles. The summed E-state index contributed by atoms with van der Waals surface area (Å²) >= 11 is 0. The average Bonchev–Trinajstić information content (AvgIpc) is 3.00. The first-order valence-electron chi connectivity index (χ1n) is 7.37. The van der Waals surface area contributed by atoms with Gasteiger partial charge in [-0.2, -0.15) is 0 Å². The van der Waals surface area contributed by atoms with Crippen LogP contribution in [0.5, 0.6) is 0 Å². The lowest BCUT2D eigenvalue weighted by atomic mass is 10.1. The van der Waals surface area contributed by atoms with Crippen LogP contribution in [-0.4, -0.2) is 22.6 Å². The Bertz CT molecular complexity index is 963. The monoisotopic (exact) mass is 322 g/mol. The van der Waals surface area contributed by atoms with Crippen LogP contribution in [0.15, 0.2) is 42.7 Å². The Hall–Kier alpha value is -3.13. The van der Waals surface area contributed by atoms with Gasteiger partial charge in [0.2, 0.25) is 0 Å². The summed E-state index contributed by atoms with van der Waals surface area (Å²) in [6, 6.07) is 8.24. The number of benzene rings is 1. The minimum Gasteiger partial charge on any atom is -0.464 e. The average molecular weight is 322 g/mol. The first kappa shape index (κ1) is 15.8. The summed E-state index contributed by atoms with van der Waals surface area (Å²) in [6.07, 6.45) is 3.53. The Morgan fingerprint density at radius 3 is 2.71 bits per heavy atom. The number of halogens is 1. The maximum atomic E-state index is 13.0. The van der Waals surface area contributed by atoms with E-state index in [1.54, 1.807) is 25.3 Å². The number of carbonyl (C=O) groups excluding carboxylic acids is 1. The molecule has 0 amide bonds. The molecular formula is C19H15FN2O2. The van der Waals surface area contributed by atoms with Gasteiger partial charge in [-0.25, -0.2) is 14.2 Å². The van der Waals surface area contributed by atoms with Gasteiger partial charge in [0.1, 0.15) is 5.82 Å². The van der Waals surface area contributed by atoms with Crippen LogP contribution in [0.2, 0.25) is 0 Å². The summed E-state index contributed by atoms with van der Waals surface area (Å²) in [5.74, 6) is 4.98. The Labute approximate surface area is 138 Å². The van der Waals surface area contributed by atoms with Gasteiger partial charge in [0, 0.05) is 18.1 Å². The topological polar surface area (TPSA) is 44.1 Å². The van der Waals surface area contributed by atoms with Crippen molar-refractivity contribution in [3.05, 3.63) is 65.4 Å². The summed E-state index contributed by atoms with van der Waals surface area (Å²) in [4.78, 5) is 16.1. The summed E-state index contributed by atoms with van der Waals surface area (Å²) in [5, 5.41) is 0.835. The number of rotatable bonds is 3. The number of aromatic nitrogens is 2. The minimum absolute atomic E-state index is 0.207. The molecule has 3 aromatic rings. The van der Waals surface area contributed by atoms with E-state index in [2.05, 4.69) is 16.8 Å². The first-order valence-corrected chi connectivity index (χ1v) is 7.37. The Morgan fingerprint density at radius 2 is 2.04 bits per heavy atom. The van der Waals surface area contributed by atoms with Crippen molar-refractivity contribution in [2.45, 2.75) is 13.5 Å². The quantitative estimate of drug-likeness (QED) is 0.548. The van der Waals surface area contributed by atoms with Crippen LogP contribution in [0, 0.1) is 17.7 Å². The summed E-state index contributed by atoms with van der Waals surface area (Å²) in [6.45, 7) is 2.28. The highest BCUT2D eigenvalue weighted by molar-refractivity contribution is 5.98. The fraction of sp³-hybridized carbons (Fsp3) is 0.158. The largest absolute Gasteiger partial charge is 0.464 e. The molecule has 5 heteroatoms. The van der Waals surface area contributed by atoms with E-state index in [4.69, 9.17) is 4.74 Å². The number of hydrogen-bond donors (Lipinski definition) is 0. The number of methoxy groups -OCH3 is 1. The van der Waals surface area contributed by atoms with E-state index in [1.165, 1.54) is 19.2 Å². The summed E-state index contributed by atoms with van der Waals surface area (Å²) < 4.78 is 19.8. The third-order valence-corrected chi connectivity index (χ3v) is 3.72. The lowest BCUT2D eigenvalue weighted by Crippen LogP contribution is -2.08. The van der Waals surface area contributed by atoms with Crippen molar-refractivity contribution in [3.63, 3.8) is 0 Å². The lowest BCUT2D eigenvalue weighted by molar-refractivity contribution is 0.0594. The predicted octanol–water partition coefficient (Wildman–Crippen LogP) is 3.38. The molecule has 0 spiro atoms. The number of nitrogens with zero attached hydrogens (tertiary/aromatic N) is 2. The maximum Gasteiger partial charge on any atom is 0.357 e. The van der Waals surface area contributed by atoms with Crippen molar-refractivity contribution in [2.75, 3.05) is 7.11 Å². The van der Waals surface area contributed by atoms with Gasteiger partial charge in [-0.15, -0.1) is 5.92 Å². The Kier molecular flexibility index (Phi) is 4.30. The van der Waals surface area contributed by atoms with Crippen molar-refractivity contribution in [1.29, 1.82) is 0 Å². The zero-order chi connectivity index (χ0) is 17.1. The van der Waals surface area contributed by atoms with Gasteiger partial charge in [0.25, 0.3) is 0 Å². The Balaban J connectivity index is 2.09. The Morgan fingerprint density at radius 1 is 1.29 bits per heavy atom. The molecule has 0 bridgehead atoms. The molecule has 2 heterocycles. The van der Waals surface area contributed by atoms with E-state index in [1.807, 2.05) is 16.8 Å². The molecule has 0 aliphatic heterocycles. The second-order valence-electron chi connectivity index (χ2n) is 5.22. The summed E-state index contributed by atoms with van der Waals surface area (Å²) in [5.41, 5.74) is 2.58. The highest BCUT2D eigenvalue weighted by Crippen LogP contribution is 2.23. The molecule has 120 valence electrons. The van der Waals surface area contributed by atoms with Crippen LogP contribution >= 0.6 is 0 Å². The molecule has 4 nitrogen and oxygen atoms in total. The van der Waals surface area contributed by atoms with Gasteiger partial charge < -0.3 is 9.30 Å². The molecule has 0 N–H and O–H groups in total. The first-order chi connectivity index (χ1) is 11.6. The van der Waals surface area contributed by atoms with Crippen molar-refractivity contribution in [3.8, 4) is 11.8 Å². The van der Waals surface area contributed by atoms with Gasteiger partial charge in [0.05, 0.1) is 24.4 Å². The van der Waals surface area contributed by atoms with E-state index in [0.717, 1.165) is 16.5 Å². The fourth-order valence-corrected chi connectivity index (χ4v) is 2.59. The molecule has 0 aliphatic carbocycles. The van der Waals surface area contributed by atoms with Crippen molar-refractivity contribution >= 4 is 16.9 Å². The maximum absolute atomic E-state index is 13.0. The van der Waals surface area contributed by atoms with Gasteiger partial charge in [-0.3, -0.25) is 0 Å². The SMILES string of the molecule is CC#Cc1c(C(=O)OC)ncc2c1ccn2Cc1ccc(F)cc1. The van der Waals surface area contributed by atoms with E-state index < -0.39 is 5.97 Å². The van der Waals surface area contributed by atoms with Crippen molar-refractivity contribution in [2.24, 2.45) is 0 Å². The van der Waals surface area contributed by atoms with E-state index in [0.29, 0.717) is 12.1 Å². The molecule has 24 heavy (non-hydrogen) atoms. The van der Waals surface area contributed by atoms with Crippen LogP contribution < -0.4 is 0 Å². The third-order valence-electron chi connectivity index (χ3n) is 3.72. The number of esters is 1. The molecule has 3 rings (SSSR count). The van der Waals surface area contributed by atoms with E-state index >= 15 is 0 Å². The molecule has 0 radical (unpaired) electrons. The molecule has 0 saturated carbocycles. The standard InChI is InChI=1S/C19H15FN2O2/c1-3-4-16-15-9-10-22(12-13-5-7-14(20)8-6-13)17(15)11-21-18(16)19(23)24-2/h5-11H,12H2,1-2H3. The van der Waals surface area contributed by atoms with Crippen LogP contribution in [0.1, 0.15) is 28.5 Å². The third kappa shape index (κ3) is 2.86. The smallest absolute Gasteiger partial charge is 0.357 e.